The Morgan fingerprint density at radius 1 is 1.47 bits per heavy atom. The van der Waals surface area contributed by atoms with Crippen LogP contribution in [0.15, 0.2) is 18.2 Å². The molecule has 1 aliphatic heterocycles. The first-order valence-electron chi connectivity index (χ1n) is 6.89. The first-order valence-corrected chi connectivity index (χ1v) is 6.89. The molecule has 1 heterocycles. The third-order valence-electron chi connectivity index (χ3n) is 4.18. The molecule has 0 aliphatic carbocycles. The predicted octanol–water partition coefficient (Wildman–Crippen LogP) is 1.77. The van der Waals surface area contributed by atoms with Gasteiger partial charge in [-0.1, -0.05) is 6.07 Å². The Hall–Kier alpha value is -0.970. The smallest absolute Gasteiger partial charge is 0.123 e. The molecule has 1 aliphatic rings. The van der Waals surface area contributed by atoms with Crippen LogP contribution in [0.25, 0.3) is 0 Å². The zero-order valence-electron chi connectivity index (χ0n) is 12.1. The normalized spacial score (nSPS) is 22.1. The summed E-state index contributed by atoms with van der Waals surface area (Å²) in [5, 5.41) is 0. The van der Waals surface area contributed by atoms with Crippen LogP contribution in [0.3, 0.4) is 0 Å². The van der Waals surface area contributed by atoms with Crippen LogP contribution in [0.1, 0.15) is 23.6 Å². The third-order valence-corrected chi connectivity index (χ3v) is 4.18. The topological polar surface area (TPSA) is 32.5 Å². The van der Waals surface area contributed by atoms with Crippen molar-refractivity contribution in [3.63, 3.8) is 0 Å². The van der Waals surface area contributed by atoms with Crippen LogP contribution in [-0.4, -0.2) is 49.6 Å². The van der Waals surface area contributed by atoms with Crippen LogP contribution in [0.2, 0.25) is 0 Å². The van der Waals surface area contributed by atoms with E-state index in [1.54, 1.807) is 6.07 Å². The van der Waals surface area contributed by atoms with Crippen molar-refractivity contribution < 1.29 is 4.39 Å². The van der Waals surface area contributed by atoms with E-state index < -0.39 is 0 Å². The Balaban J connectivity index is 2.16. The van der Waals surface area contributed by atoms with Gasteiger partial charge in [-0.2, -0.15) is 0 Å². The molecular weight excluding hydrogens is 241 g/mol. The van der Waals surface area contributed by atoms with Gasteiger partial charge >= 0.3 is 0 Å². The van der Waals surface area contributed by atoms with Gasteiger partial charge in [0.05, 0.1) is 0 Å². The molecule has 4 heteroatoms. The molecule has 3 nitrogen and oxygen atoms in total. The Labute approximate surface area is 115 Å². The summed E-state index contributed by atoms with van der Waals surface area (Å²) in [5.41, 5.74) is 8.11. The number of halogens is 1. The molecule has 2 N–H and O–H groups in total. The number of hydrogen-bond donors (Lipinski definition) is 1. The van der Waals surface area contributed by atoms with Gasteiger partial charge in [0.1, 0.15) is 5.82 Å². The Kier molecular flexibility index (Phi) is 4.55. The Morgan fingerprint density at radius 2 is 2.21 bits per heavy atom. The molecule has 106 valence electrons. The van der Waals surface area contributed by atoms with Crippen LogP contribution in [0.5, 0.6) is 0 Å². The van der Waals surface area contributed by atoms with Crippen molar-refractivity contribution in [2.75, 3.05) is 33.7 Å². The van der Waals surface area contributed by atoms with Crippen LogP contribution < -0.4 is 5.73 Å². The third kappa shape index (κ3) is 3.14. The largest absolute Gasteiger partial charge is 0.329 e. The lowest BCUT2D eigenvalue weighted by Gasteiger charge is -2.29. The molecule has 1 saturated heterocycles. The second-order valence-electron chi connectivity index (χ2n) is 5.65. The lowest BCUT2D eigenvalue weighted by molar-refractivity contribution is 0.220. The number of aryl methyl sites for hydroxylation is 1. The first-order chi connectivity index (χ1) is 9.02. The van der Waals surface area contributed by atoms with Crippen molar-refractivity contribution in [3.8, 4) is 0 Å². The summed E-state index contributed by atoms with van der Waals surface area (Å²) < 4.78 is 13.2. The summed E-state index contributed by atoms with van der Waals surface area (Å²) in [6.45, 7) is 4.63. The minimum atomic E-state index is -0.176. The molecule has 2 unspecified atom stereocenters. The maximum atomic E-state index is 13.2. The molecular formula is C15H24FN3. The number of likely N-dealkylation sites (tertiary alicyclic amines) is 1. The maximum absolute atomic E-state index is 13.2. The number of nitrogens with two attached hydrogens (primary N) is 1. The SMILES string of the molecule is Cc1cc(F)ccc1C(CN)N1CCC(N(C)C)C1. The number of benzene rings is 1. The van der Waals surface area contributed by atoms with E-state index >= 15 is 0 Å². The van der Waals surface area contributed by atoms with Crippen LogP contribution in [0, 0.1) is 12.7 Å². The minimum absolute atomic E-state index is 0.176. The quantitative estimate of drug-likeness (QED) is 0.900. The molecule has 0 aromatic heterocycles. The van der Waals surface area contributed by atoms with Crippen molar-refractivity contribution in [1.29, 1.82) is 0 Å². The molecule has 0 spiro atoms. The molecule has 1 aromatic carbocycles. The van der Waals surface area contributed by atoms with Crippen molar-refractivity contribution in [3.05, 3.63) is 35.1 Å². The van der Waals surface area contributed by atoms with Gasteiger partial charge in [0.15, 0.2) is 0 Å². The summed E-state index contributed by atoms with van der Waals surface area (Å²) in [5.74, 6) is -0.176. The Bertz CT molecular complexity index is 433. The van der Waals surface area contributed by atoms with Gasteiger partial charge in [0, 0.05) is 31.7 Å². The fraction of sp³-hybridized carbons (Fsp3) is 0.600. The summed E-state index contributed by atoms with van der Waals surface area (Å²) >= 11 is 0. The van der Waals surface area contributed by atoms with Crippen molar-refractivity contribution >= 4 is 0 Å². The first kappa shape index (κ1) is 14.4. The van der Waals surface area contributed by atoms with E-state index in [4.69, 9.17) is 5.73 Å². The second-order valence-corrected chi connectivity index (χ2v) is 5.65. The average molecular weight is 265 g/mol. The highest BCUT2D eigenvalue weighted by Crippen LogP contribution is 2.28. The number of rotatable bonds is 4. The van der Waals surface area contributed by atoms with Gasteiger partial charge in [-0.25, -0.2) is 4.39 Å². The van der Waals surface area contributed by atoms with E-state index in [1.807, 2.05) is 13.0 Å². The van der Waals surface area contributed by atoms with E-state index in [0.29, 0.717) is 12.6 Å². The van der Waals surface area contributed by atoms with Crippen molar-refractivity contribution in [2.45, 2.75) is 25.4 Å². The van der Waals surface area contributed by atoms with Gasteiger partial charge < -0.3 is 10.6 Å². The zero-order chi connectivity index (χ0) is 14.0. The van der Waals surface area contributed by atoms with Crippen LogP contribution in [-0.2, 0) is 0 Å². The molecule has 0 amide bonds. The van der Waals surface area contributed by atoms with E-state index in [2.05, 4.69) is 23.9 Å². The number of likely N-dealkylation sites (N-methyl/N-ethyl adjacent to an activating group) is 1. The summed E-state index contributed by atoms with van der Waals surface area (Å²) in [4.78, 5) is 4.69. The van der Waals surface area contributed by atoms with Crippen LogP contribution in [0.4, 0.5) is 4.39 Å². The van der Waals surface area contributed by atoms with Gasteiger partial charge in [0.2, 0.25) is 0 Å². The molecule has 2 rings (SSSR count). The van der Waals surface area contributed by atoms with E-state index in [9.17, 15) is 4.39 Å². The molecule has 0 saturated carbocycles. The highest BCUT2D eigenvalue weighted by Gasteiger charge is 2.30. The zero-order valence-corrected chi connectivity index (χ0v) is 12.1. The molecule has 2 atom stereocenters. The lowest BCUT2D eigenvalue weighted by atomic mass is 10.00. The molecule has 1 fully saturated rings. The minimum Gasteiger partial charge on any atom is -0.329 e. The summed E-state index contributed by atoms with van der Waals surface area (Å²) in [7, 11) is 4.24. The highest BCUT2D eigenvalue weighted by molar-refractivity contribution is 5.30. The van der Waals surface area contributed by atoms with Gasteiger partial charge in [-0.05, 0) is 50.7 Å². The van der Waals surface area contributed by atoms with Crippen molar-refractivity contribution in [2.24, 2.45) is 5.73 Å². The maximum Gasteiger partial charge on any atom is 0.123 e. The standard InChI is InChI=1S/C15H24FN3/c1-11-8-12(16)4-5-14(11)15(9-17)19-7-6-13(10-19)18(2)3/h4-5,8,13,15H,6-7,9-10,17H2,1-3H3. The lowest BCUT2D eigenvalue weighted by Crippen LogP contribution is -2.36. The molecule has 0 bridgehead atoms. The fourth-order valence-corrected chi connectivity index (χ4v) is 2.96. The second kappa shape index (κ2) is 5.99. The van der Waals surface area contributed by atoms with E-state index in [1.165, 1.54) is 12.5 Å². The van der Waals surface area contributed by atoms with Gasteiger partial charge in [-0.3, -0.25) is 4.90 Å². The van der Waals surface area contributed by atoms with E-state index in [0.717, 1.165) is 24.2 Å². The highest BCUT2D eigenvalue weighted by atomic mass is 19.1. The van der Waals surface area contributed by atoms with Crippen molar-refractivity contribution in [1.82, 2.24) is 9.80 Å². The average Bonchev–Trinajstić information content (AvgIpc) is 2.82. The fourth-order valence-electron chi connectivity index (χ4n) is 2.96. The van der Waals surface area contributed by atoms with Crippen LogP contribution >= 0.6 is 0 Å². The van der Waals surface area contributed by atoms with E-state index in [-0.39, 0.29) is 11.9 Å². The molecule has 0 radical (unpaired) electrons. The van der Waals surface area contributed by atoms with Gasteiger partial charge in [0.25, 0.3) is 0 Å². The molecule has 1 aromatic rings. The Morgan fingerprint density at radius 3 is 2.74 bits per heavy atom. The summed E-state index contributed by atoms with van der Waals surface area (Å²) in [6, 6.07) is 5.80. The van der Waals surface area contributed by atoms with Gasteiger partial charge in [-0.15, -0.1) is 0 Å². The number of nitrogens with zero attached hydrogens (tertiary/aromatic N) is 2. The monoisotopic (exact) mass is 265 g/mol. The number of hydrogen-bond acceptors (Lipinski definition) is 3. The summed E-state index contributed by atoms with van der Waals surface area (Å²) in [6.07, 6.45) is 1.17. The molecule has 19 heavy (non-hydrogen) atoms. The predicted molar refractivity (Wildman–Crippen MR) is 76.6 cm³/mol.